The highest BCUT2D eigenvalue weighted by atomic mass is 32.2. The lowest BCUT2D eigenvalue weighted by Crippen LogP contribution is -2.64. The molecule has 4 bridgehead atoms. The van der Waals surface area contributed by atoms with Gasteiger partial charge in [-0.3, -0.25) is 4.90 Å². The van der Waals surface area contributed by atoms with Gasteiger partial charge in [0.2, 0.25) is 10.0 Å². The smallest absolute Gasteiger partial charge is 0.243 e. The van der Waals surface area contributed by atoms with E-state index in [0.717, 1.165) is 30.8 Å². The summed E-state index contributed by atoms with van der Waals surface area (Å²) >= 11 is 0. The lowest BCUT2D eigenvalue weighted by Gasteiger charge is -2.61. The van der Waals surface area contributed by atoms with Crippen molar-refractivity contribution in [1.82, 2.24) is 9.21 Å². The van der Waals surface area contributed by atoms with E-state index < -0.39 is 10.0 Å². The minimum absolute atomic E-state index is 0.395. The minimum Gasteiger partial charge on any atom is -0.295 e. The van der Waals surface area contributed by atoms with Crippen LogP contribution in [0.25, 0.3) is 0 Å². The molecule has 1 aromatic rings. The van der Waals surface area contributed by atoms with E-state index in [1.54, 1.807) is 4.31 Å². The van der Waals surface area contributed by atoms with E-state index in [1.165, 1.54) is 76.2 Å². The maximum atomic E-state index is 13.3. The number of nitrogens with zero attached hydrogens (tertiary/aromatic N) is 2. The number of sulfonamides is 1. The highest BCUT2D eigenvalue weighted by Crippen LogP contribution is 2.57. The van der Waals surface area contributed by atoms with Crippen LogP contribution in [0.1, 0.15) is 82.1 Å². The third kappa shape index (κ3) is 3.69. The Labute approximate surface area is 188 Å². The summed E-state index contributed by atoms with van der Waals surface area (Å²) in [5, 5.41) is 0. The van der Waals surface area contributed by atoms with E-state index in [2.05, 4.69) is 17.0 Å². The van der Waals surface area contributed by atoms with Gasteiger partial charge in [0.15, 0.2) is 0 Å². The monoisotopic (exact) mass is 442 g/mol. The minimum atomic E-state index is -3.38. The molecule has 5 saturated carbocycles. The van der Waals surface area contributed by atoms with Crippen LogP contribution in [0.2, 0.25) is 0 Å². The van der Waals surface area contributed by atoms with E-state index in [9.17, 15) is 8.42 Å². The first-order chi connectivity index (χ1) is 15.0. The van der Waals surface area contributed by atoms with Crippen LogP contribution in [-0.4, -0.2) is 49.3 Å². The lowest BCUT2D eigenvalue weighted by atomic mass is 9.52. The van der Waals surface area contributed by atoms with E-state index in [-0.39, 0.29) is 0 Å². The SMILES string of the molecule is O=S(=O)(c1ccc(C2CCCCC2)cc1)N1CCN(C23CC4CC(CC(C4)C2)C3)CC1. The van der Waals surface area contributed by atoms with Crippen molar-refractivity contribution in [3.8, 4) is 0 Å². The maximum absolute atomic E-state index is 13.3. The number of rotatable bonds is 4. The Morgan fingerprint density at radius 1 is 0.742 bits per heavy atom. The Morgan fingerprint density at radius 2 is 1.29 bits per heavy atom. The Bertz CT molecular complexity index is 861. The second-order valence-electron chi connectivity index (χ2n) is 11.4. The molecule has 5 aliphatic carbocycles. The van der Waals surface area contributed by atoms with Crippen molar-refractivity contribution in [2.45, 2.75) is 87.0 Å². The van der Waals surface area contributed by atoms with Gasteiger partial charge in [0.25, 0.3) is 0 Å². The van der Waals surface area contributed by atoms with Crippen LogP contribution in [0.15, 0.2) is 29.2 Å². The summed E-state index contributed by atoms with van der Waals surface area (Å²) in [5.74, 6) is 3.44. The fourth-order valence-electron chi connectivity index (χ4n) is 8.35. The molecule has 6 aliphatic rings. The first kappa shape index (κ1) is 20.7. The first-order valence-electron chi connectivity index (χ1n) is 12.9. The maximum Gasteiger partial charge on any atom is 0.243 e. The lowest BCUT2D eigenvalue weighted by molar-refractivity contribution is -0.0964. The Morgan fingerprint density at radius 3 is 1.84 bits per heavy atom. The Balaban J connectivity index is 1.12. The molecule has 6 fully saturated rings. The molecule has 0 N–H and O–H groups in total. The second-order valence-corrected chi connectivity index (χ2v) is 13.4. The zero-order valence-electron chi connectivity index (χ0n) is 18.8. The van der Waals surface area contributed by atoms with Gasteiger partial charge in [0, 0.05) is 31.7 Å². The Kier molecular flexibility index (Phi) is 5.23. The van der Waals surface area contributed by atoms with Gasteiger partial charge >= 0.3 is 0 Å². The van der Waals surface area contributed by atoms with Crippen LogP contribution in [0.4, 0.5) is 0 Å². The van der Waals surface area contributed by atoms with Crippen molar-refractivity contribution in [3.63, 3.8) is 0 Å². The molecule has 170 valence electrons. The van der Waals surface area contributed by atoms with Gasteiger partial charge in [0.1, 0.15) is 0 Å². The summed E-state index contributed by atoms with van der Waals surface area (Å²) in [4.78, 5) is 3.19. The quantitative estimate of drug-likeness (QED) is 0.658. The van der Waals surface area contributed by atoms with Crippen molar-refractivity contribution in [2.75, 3.05) is 26.2 Å². The summed E-state index contributed by atoms with van der Waals surface area (Å²) in [7, 11) is -3.38. The molecule has 5 heteroatoms. The average Bonchev–Trinajstić information content (AvgIpc) is 2.79. The highest BCUT2D eigenvalue weighted by Gasteiger charge is 2.53. The van der Waals surface area contributed by atoms with Gasteiger partial charge in [-0.15, -0.1) is 0 Å². The fourth-order valence-corrected chi connectivity index (χ4v) is 9.77. The molecule has 1 aliphatic heterocycles. The standard InChI is InChI=1S/C26H38N2O2S/c29-31(30,25-8-6-24(7-9-25)23-4-2-1-3-5-23)28-12-10-27(11-13-28)26-17-20-14-21(18-26)16-22(15-20)19-26/h6-9,20-23H,1-5,10-19H2. The molecule has 0 atom stereocenters. The third-order valence-electron chi connectivity index (χ3n) is 9.51. The predicted octanol–water partition coefficient (Wildman–Crippen LogP) is 5.01. The van der Waals surface area contributed by atoms with E-state index in [1.807, 2.05) is 12.1 Å². The number of benzene rings is 1. The predicted molar refractivity (Wildman–Crippen MR) is 124 cm³/mol. The molecule has 1 saturated heterocycles. The zero-order chi connectivity index (χ0) is 21.1. The average molecular weight is 443 g/mol. The van der Waals surface area contributed by atoms with Gasteiger partial charge in [-0.25, -0.2) is 8.42 Å². The van der Waals surface area contributed by atoms with Crippen molar-refractivity contribution in [2.24, 2.45) is 17.8 Å². The molecule has 0 unspecified atom stereocenters. The van der Waals surface area contributed by atoms with Gasteiger partial charge in [0.05, 0.1) is 4.90 Å². The van der Waals surface area contributed by atoms with Crippen LogP contribution in [0.3, 0.4) is 0 Å². The summed E-state index contributed by atoms with van der Waals surface area (Å²) in [6, 6.07) is 7.89. The van der Waals surface area contributed by atoms with Gasteiger partial charge in [-0.1, -0.05) is 31.4 Å². The van der Waals surface area contributed by atoms with Crippen LogP contribution in [-0.2, 0) is 10.0 Å². The van der Waals surface area contributed by atoms with Crippen LogP contribution < -0.4 is 0 Å². The van der Waals surface area contributed by atoms with Crippen LogP contribution >= 0.6 is 0 Å². The van der Waals surface area contributed by atoms with Crippen molar-refractivity contribution >= 4 is 10.0 Å². The van der Waals surface area contributed by atoms with Crippen molar-refractivity contribution < 1.29 is 8.42 Å². The highest BCUT2D eigenvalue weighted by molar-refractivity contribution is 7.89. The number of hydrogen-bond donors (Lipinski definition) is 0. The molecular weight excluding hydrogens is 404 g/mol. The molecular formula is C26H38N2O2S. The molecule has 0 radical (unpaired) electrons. The normalized spacial score (nSPS) is 37.4. The molecule has 1 aromatic carbocycles. The van der Waals surface area contributed by atoms with Gasteiger partial charge < -0.3 is 0 Å². The molecule has 1 heterocycles. The molecule has 0 aromatic heterocycles. The van der Waals surface area contributed by atoms with Gasteiger partial charge in [-0.2, -0.15) is 4.31 Å². The summed E-state index contributed by atoms with van der Waals surface area (Å²) in [5.41, 5.74) is 1.72. The second kappa shape index (κ2) is 7.85. The fraction of sp³-hybridized carbons (Fsp3) is 0.769. The molecule has 31 heavy (non-hydrogen) atoms. The zero-order valence-corrected chi connectivity index (χ0v) is 19.7. The van der Waals surface area contributed by atoms with E-state index in [0.29, 0.717) is 29.4 Å². The van der Waals surface area contributed by atoms with Gasteiger partial charge in [-0.05, 0) is 92.7 Å². The van der Waals surface area contributed by atoms with Crippen LogP contribution in [0, 0.1) is 17.8 Å². The number of hydrogen-bond acceptors (Lipinski definition) is 3. The number of piperazine rings is 1. The largest absolute Gasteiger partial charge is 0.295 e. The molecule has 0 spiro atoms. The molecule has 0 amide bonds. The first-order valence-corrected chi connectivity index (χ1v) is 14.3. The van der Waals surface area contributed by atoms with E-state index >= 15 is 0 Å². The summed E-state index contributed by atoms with van der Waals surface area (Å²) < 4.78 is 28.4. The molecule has 4 nitrogen and oxygen atoms in total. The van der Waals surface area contributed by atoms with Crippen LogP contribution in [0.5, 0.6) is 0 Å². The van der Waals surface area contributed by atoms with Crippen molar-refractivity contribution in [3.05, 3.63) is 29.8 Å². The summed E-state index contributed by atoms with van der Waals surface area (Å²) in [6.45, 7) is 3.11. The third-order valence-corrected chi connectivity index (χ3v) is 11.4. The van der Waals surface area contributed by atoms with E-state index in [4.69, 9.17) is 0 Å². The summed E-state index contributed by atoms with van der Waals surface area (Å²) in [6.07, 6.45) is 14.9. The topological polar surface area (TPSA) is 40.6 Å². The Hall–Kier alpha value is -0.910. The molecule has 7 rings (SSSR count). The van der Waals surface area contributed by atoms with Crippen molar-refractivity contribution in [1.29, 1.82) is 0 Å².